The highest BCUT2D eigenvalue weighted by molar-refractivity contribution is 6.01. The maximum Gasteiger partial charge on any atom is 0.312 e. The summed E-state index contributed by atoms with van der Waals surface area (Å²) < 4.78 is 5.26. The van der Waals surface area contributed by atoms with Crippen LogP contribution in [0.4, 0.5) is 10.5 Å². The molecule has 1 aromatic rings. The number of ether oxygens (including phenoxy) is 1. The first kappa shape index (κ1) is 35.8. The Bertz CT molecular complexity index is 1120. The predicted molar refractivity (Wildman–Crippen MR) is 157 cm³/mol. The van der Waals surface area contributed by atoms with Crippen LogP contribution in [0.15, 0.2) is 18.2 Å². The molecule has 1 aromatic carbocycles. The third-order valence-corrected chi connectivity index (χ3v) is 5.95. The van der Waals surface area contributed by atoms with Gasteiger partial charge in [0, 0.05) is 29.4 Å². The Kier molecular flexibility index (Phi) is 15.0. The predicted octanol–water partition coefficient (Wildman–Crippen LogP) is 0.495. The molecule has 1 rings (SSSR count). The number of nitrogens with one attached hydrogen (secondary N) is 5. The first-order valence-electron chi connectivity index (χ1n) is 13.9. The van der Waals surface area contributed by atoms with Crippen molar-refractivity contribution in [2.75, 3.05) is 18.4 Å². The largest absolute Gasteiger partial charge is 0.461 e. The van der Waals surface area contributed by atoms with Crippen LogP contribution in [0.2, 0.25) is 0 Å². The van der Waals surface area contributed by atoms with Gasteiger partial charge in [0.25, 0.3) is 5.91 Å². The molecule has 0 heterocycles. The second-order valence-corrected chi connectivity index (χ2v) is 10.8. The molecule has 0 saturated carbocycles. The van der Waals surface area contributed by atoms with E-state index in [0.717, 1.165) is 0 Å². The highest BCUT2D eigenvalue weighted by Gasteiger charge is 2.28. The molecule has 2 atom stereocenters. The summed E-state index contributed by atoms with van der Waals surface area (Å²) in [4.78, 5) is 73.6. The highest BCUT2D eigenvalue weighted by atomic mass is 16.5. The van der Waals surface area contributed by atoms with E-state index in [1.807, 2.05) is 27.7 Å². The smallest absolute Gasteiger partial charge is 0.312 e. The van der Waals surface area contributed by atoms with Gasteiger partial charge in [-0.25, -0.2) is 4.79 Å². The van der Waals surface area contributed by atoms with Crippen molar-refractivity contribution in [2.45, 2.75) is 79.1 Å². The molecule has 234 valence electrons. The molecule has 0 unspecified atom stereocenters. The molecular weight excluding hydrogens is 546 g/mol. The number of benzene rings is 1. The lowest BCUT2D eigenvalue weighted by Gasteiger charge is -2.27. The summed E-state index contributed by atoms with van der Waals surface area (Å²) in [6.45, 7) is 10.5. The number of hydrogen-bond donors (Lipinski definition) is 7. The number of urea groups is 1. The Labute approximate surface area is 246 Å². The van der Waals surface area contributed by atoms with Crippen molar-refractivity contribution < 1.29 is 33.5 Å². The summed E-state index contributed by atoms with van der Waals surface area (Å²) in [6.07, 6.45) is 0.520. The van der Waals surface area contributed by atoms with Crippen LogP contribution in [0.25, 0.3) is 0 Å². The standard InChI is InChI=1S/C28H45N7O7/c1-15(2)23(33-17(5)6)26(39)35-21(8-7-11-31-28(30)41)25(38)34-19-10-9-18(14-42-27(40)16(3)4)20(12-19)24(37)32-13-22(29)36/h9-10,12,15-17,21,23,33H,7-8,11,13-14H2,1-6H3,(H2,29,36)(H,32,37)(H,34,38)(H,35,39)(H3,30,31,41)/t21-,23+/m0/s1. The van der Waals surface area contributed by atoms with Gasteiger partial charge in [-0.1, -0.05) is 47.6 Å². The molecule has 0 aliphatic heterocycles. The lowest BCUT2D eigenvalue weighted by Crippen LogP contribution is -2.54. The van der Waals surface area contributed by atoms with Gasteiger partial charge in [-0.2, -0.15) is 0 Å². The summed E-state index contributed by atoms with van der Waals surface area (Å²) in [5.41, 5.74) is 10.9. The lowest BCUT2D eigenvalue weighted by atomic mass is 10.0. The monoisotopic (exact) mass is 591 g/mol. The number of hydrogen-bond acceptors (Lipinski definition) is 8. The normalized spacial score (nSPS) is 12.4. The maximum atomic E-state index is 13.4. The molecule has 6 amide bonds. The fraction of sp³-hybridized carbons (Fsp3) is 0.571. The van der Waals surface area contributed by atoms with E-state index < -0.39 is 48.4 Å². The summed E-state index contributed by atoms with van der Waals surface area (Å²) in [6, 6.07) is 2.17. The van der Waals surface area contributed by atoms with Gasteiger partial charge in [-0.15, -0.1) is 0 Å². The van der Waals surface area contributed by atoms with E-state index in [1.165, 1.54) is 18.2 Å². The minimum atomic E-state index is -0.985. The molecule has 0 aliphatic carbocycles. The van der Waals surface area contributed by atoms with Crippen molar-refractivity contribution >= 4 is 41.3 Å². The zero-order valence-electron chi connectivity index (χ0n) is 25.2. The molecule has 14 heteroatoms. The lowest BCUT2D eigenvalue weighted by molar-refractivity contribution is -0.148. The first-order chi connectivity index (χ1) is 19.6. The van der Waals surface area contributed by atoms with Crippen molar-refractivity contribution in [3.8, 4) is 0 Å². The number of anilines is 1. The number of nitrogens with two attached hydrogens (primary N) is 2. The molecule has 0 aliphatic rings. The molecular formula is C28H45N7O7. The van der Waals surface area contributed by atoms with Gasteiger partial charge in [0.1, 0.15) is 12.6 Å². The molecule has 0 saturated heterocycles. The van der Waals surface area contributed by atoms with E-state index in [0.29, 0.717) is 12.0 Å². The number of rotatable bonds is 17. The Morgan fingerprint density at radius 3 is 2.12 bits per heavy atom. The number of esters is 1. The van der Waals surface area contributed by atoms with E-state index in [2.05, 4.69) is 26.6 Å². The second kappa shape index (κ2) is 17.6. The molecule has 0 spiro atoms. The van der Waals surface area contributed by atoms with Crippen LogP contribution in [0.1, 0.15) is 70.3 Å². The minimum absolute atomic E-state index is 0.0210. The Morgan fingerprint density at radius 1 is 0.905 bits per heavy atom. The van der Waals surface area contributed by atoms with Crippen LogP contribution in [0.3, 0.4) is 0 Å². The van der Waals surface area contributed by atoms with Gasteiger partial charge < -0.3 is 42.8 Å². The zero-order chi connectivity index (χ0) is 32.0. The van der Waals surface area contributed by atoms with Crippen molar-refractivity contribution in [1.82, 2.24) is 21.3 Å². The summed E-state index contributed by atoms with van der Waals surface area (Å²) >= 11 is 0. The number of amides is 6. The Morgan fingerprint density at radius 2 is 1.57 bits per heavy atom. The third kappa shape index (κ3) is 13.0. The van der Waals surface area contributed by atoms with E-state index >= 15 is 0 Å². The fourth-order valence-corrected chi connectivity index (χ4v) is 3.78. The van der Waals surface area contributed by atoms with Crippen LogP contribution < -0.4 is 38.1 Å². The molecule has 0 bridgehead atoms. The average molecular weight is 592 g/mol. The van der Waals surface area contributed by atoms with Gasteiger partial charge in [0.05, 0.1) is 18.5 Å². The van der Waals surface area contributed by atoms with Gasteiger partial charge in [-0.3, -0.25) is 24.0 Å². The van der Waals surface area contributed by atoms with Crippen LogP contribution in [0, 0.1) is 11.8 Å². The van der Waals surface area contributed by atoms with Gasteiger partial charge in [0.2, 0.25) is 17.7 Å². The number of primary amides is 2. The van der Waals surface area contributed by atoms with Crippen molar-refractivity contribution in [2.24, 2.45) is 23.3 Å². The number of carbonyl (C=O) groups is 6. The third-order valence-electron chi connectivity index (χ3n) is 5.95. The molecule has 9 N–H and O–H groups in total. The fourth-order valence-electron chi connectivity index (χ4n) is 3.78. The Hall–Kier alpha value is -4.20. The Balaban J connectivity index is 3.24. The van der Waals surface area contributed by atoms with E-state index in [9.17, 15) is 28.8 Å². The summed E-state index contributed by atoms with van der Waals surface area (Å²) in [5, 5.41) is 13.5. The van der Waals surface area contributed by atoms with Crippen molar-refractivity contribution in [3.63, 3.8) is 0 Å². The van der Waals surface area contributed by atoms with Crippen LogP contribution in [-0.2, 0) is 30.5 Å². The second-order valence-electron chi connectivity index (χ2n) is 10.8. The number of carbonyl (C=O) groups excluding carboxylic acids is 6. The summed E-state index contributed by atoms with van der Waals surface area (Å²) in [5.74, 6) is -3.25. The van der Waals surface area contributed by atoms with E-state index in [1.54, 1.807) is 13.8 Å². The molecule has 42 heavy (non-hydrogen) atoms. The van der Waals surface area contributed by atoms with E-state index in [4.69, 9.17) is 16.2 Å². The quantitative estimate of drug-likeness (QED) is 0.0995. The molecule has 0 fully saturated rings. The zero-order valence-corrected chi connectivity index (χ0v) is 25.2. The van der Waals surface area contributed by atoms with Gasteiger partial charge in [-0.05, 0) is 30.9 Å². The van der Waals surface area contributed by atoms with Crippen molar-refractivity contribution in [3.05, 3.63) is 29.3 Å². The van der Waals surface area contributed by atoms with E-state index in [-0.39, 0.29) is 54.6 Å². The average Bonchev–Trinajstić information content (AvgIpc) is 2.90. The molecule has 14 nitrogen and oxygen atoms in total. The van der Waals surface area contributed by atoms with Gasteiger partial charge in [0.15, 0.2) is 0 Å². The maximum absolute atomic E-state index is 13.4. The molecule has 0 radical (unpaired) electrons. The summed E-state index contributed by atoms with van der Waals surface area (Å²) in [7, 11) is 0. The van der Waals surface area contributed by atoms with Crippen molar-refractivity contribution in [1.29, 1.82) is 0 Å². The van der Waals surface area contributed by atoms with Gasteiger partial charge >= 0.3 is 12.0 Å². The van der Waals surface area contributed by atoms with Crippen LogP contribution >= 0.6 is 0 Å². The molecule has 0 aromatic heterocycles. The first-order valence-corrected chi connectivity index (χ1v) is 13.9. The topological polar surface area (TPSA) is 224 Å². The van der Waals surface area contributed by atoms with Crippen LogP contribution in [-0.4, -0.2) is 66.8 Å². The minimum Gasteiger partial charge on any atom is -0.461 e. The highest BCUT2D eigenvalue weighted by Crippen LogP contribution is 2.19. The SMILES string of the molecule is CC(C)N[C@@H](C(=O)N[C@@H](CCCNC(N)=O)C(=O)Nc1ccc(COC(=O)C(C)C)c(C(=O)NCC(N)=O)c1)C(C)C. The van der Waals surface area contributed by atoms with Crippen LogP contribution in [0.5, 0.6) is 0 Å².